The highest BCUT2D eigenvalue weighted by Crippen LogP contribution is 2.64. The summed E-state index contributed by atoms with van der Waals surface area (Å²) in [5.41, 5.74) is 9.22. The number of amides is 2. The first-order valence-corrected chi connectivity index (χ1v) is 13.5. The minimum Gasteiger partial charge on any atom is -0.279 e. The van der Waals surface area contributed by atoms with Crippen molar-refractivity contribution in [3.05, 3.63) is 99.1 Å². The third-order valence-corrected chi connectivity index (χ3v) is 8.27. The van der Waals surface area contributed by atoms with E-state index in [0.717, 1.165) is 67.9 Å². The maximum absolute atomic E-state index is 14.6. The monoisotopic (exact) mass is 506 g/mol. The summed E-state index contributed by atoms with van der Waals surface area (Å²) in [6.45, 7) is 18.1. The number of nitrogens with zero attached hydrogens (tertiary/aromatic N) is 2. The van der Waals surface area contributed by atoms with E-state index in [0.29, 0.717) is 0 Å². The van der Waals surface area contributed by atoms with Crippen molar-refractivity contribution in [1.29, 1.82) is 0 Å². The molecule has 0 atom stereocenters. The fraction of sp³-hybridized carbons (Fsp3) is 0.353. The largest absolute Gasteiger partial charge is 0.279 e. The fourth-order valence-corrected chi connectivity index (χ4v) is 6.83. The maximum atomic E-state index is 14.6. The Morgan fingerprint density at radius 3 is 1.42 bits per heavy atom. The van der Waals surface area contributed by atoms with Crippen molar-refractivity contribution in [2.75, 3.05) is 9.80 Å². The van der Waals surface area contributed by atoms with Crippen molar-refractivity contribution >= 4 is 28.8 Å². The van der Waals surface area contributed by atoms with Gasteiger partial charge < -0.3 is 0 Å². The van der Waals surface area contributed by atoms with E-state index in [1.807, 2.05) is 28.0 Å². The maximum Gasteiger partial charge on any atom is 0.244 e. The molecule has 0 aromatic heterocycles. The topological polar surface area (TPSA) is 40.6 Å². The smallest absolute Gasteiger partial charge is 0.244 e. The van der Waals surface area contributed by atoms with Gasteiger partial charge in [-0.05, 0) is 95.2 Å². The summed E-state index contributed by atoms with van der Waals surface area (Å²) in [4.78, 5) is 33.1. The molecule has 38 heavy (non-hydrogen) atoms. The zero-order valence-corrected chi connectivity index (χ0v) is 24.1. The van der Waals surface area contributed by atoms with E-state index >= 15 is 0 Å². The Hall–Kier alpha value is -3.66. The van der Waals surface area contributed by atoms with Gasteiger partial charge in [-0.2, -0.15) is 0 Å². The average molecular weight is 507 g/mol. The molecule has 1 saturated heterocycles. The van der Waals surface area contributed by atoms with Crippen LogP contribution in [0.3, 0.4) is 0 Å². The van der Waals surface area contributed by atoms with Gasteiger partial charge in [0.1, 0.15) is 5.41 Å². The number of hydrogen-bond donors (Lipinski definition) is 0. The number of hydrogen-bond acceptors (Lipinski definition) is 2. The molecule has 1 aliphatic heterocycles. The molecule has 0 N–H and O–H groups in total. The van der Waals surface area contributed by atoms with Gasteiger partial charge in [-0.1, -0.05) is 72.6 Å². The van der Waals surface area contributed by atoms with Crippen LogP contribution in [0.5, 0.6) is 0 Å². The van der Waals surface area contributed by atoms with Gasteiger partial charge in [0.25, 0.3) is 0 Å². The molecular weight excluding hydrogens is 468 g/mol. The lowest BCUT2D eigenvalue weighted by molar-refractivity contribution is -0.141. The molecule has 3 aromatic rings. The molecule has 4 heteroatoms. The second-order valence-corrected chi connectivity index (χ2v) is 11.6. The molecule has 0 radical (unpaired) electrons. The van der Waals surface area contributed by atoms with Crippen LogP contribution in [-0.2, 0) is 9.59 Å². The standard InChI is InChI=1S/C34H38N2O2/c1-10-27-28(26-14-12-11-13-15-26)34(27)35(29-22(4)16-20(2)17-23(29)5)31(37)33(8,9)32(38)36(34)30-24(6)18-21(3)19-25(30)7/h11-19H,10H2,1-9H3. The van der Waals surface area contributed by atoms with E-state index in [9.17, 15) is 9.59 Å². The van der Waals surface area contributed by atoms with Crippen LogP contribution in [0, 0.1) is 47.0 Å². The predicted octanol–water partition coefficient (Wildman–Crippen LogP) is 7.52. The lowest BCUT2D eigenvalue weighted by Crippen LogP contribution is -2.71. The van der Waals surface area contributed by atoms with Crippen LogP contribution in [0.25, 0.3) is 5.57 Å². The molecule has 2 aliphatic rings. The van der Waals surface area contributed by atoms with Crippen molar-refractivity contribution in [3.63, 3.8) is 0 Å². The Morgan fingerprint density at radius 1 is 0.658 bits per heavy atom. The Morgan fingerprint density at radius 2 is 1.05 bits per heavy atom. The van der Waals surface area contributed by atoms with Crippen molar-refractivity contribution in [3.8, 4) is 0 Å². The normalized spacial score (nSPS) is 18.0. The number of rotatable bonds is 4. The number of anilines is 2. The van der Waals surface area contributed by atoms with Crippen molar-refractivity contribution in [2.24, 2.45) is 5.41 Å². The van der Waals surface area contributed by atoms with Crippen LogP contribution in [-0.4, -0.2) is 17.5 Å². The third-order valence-electron chi connectivity index (χ3n) is 8.27. The second kappa shape index (κ2) is 8.69. The van der Waals surface area contributed by atoms with Gasteiger partial charge in [0.2, 0.25) is 11.8 Å². The summed E-state index contributed by atoms with van der Waals surface area (Å²) < 4.78 is 0. The Balaban J connectivity index is 1.91. The number of aryl methyl sites for hydroxylation is 6. The first-order valence-electron chi connectivity index (χ1n) is 13.5. The first kappa shape index (κ1) is 26.0. The third kappa shape index (κ3) is 3.42. The molecule has 196 valence electrons. The second-order valence-electron chi connectivity index (χ2n) is 11.6. The number of benzene rings is 3. The fourth-order valence-electron chi connectivity index (χ4n) is 6.83. The molecule has 2 amide bonds. The lowest BCUT2D eigenvalue weighted by Gasteiger charge is -2.53. The Kier molecular flexibility index (Phi) is 5.94. The minimum atomic E-state index is -1.23. The van der Waals surface area contributed by atoms with Crippen molar-refractivity contribution in [1.82, 2.24) is 0 Å². The molecule has 1 heterocycles. The van der Waals surface area contributed by atoms with Crippen molar-refractivity contribution < 1.29 is 9.59 Å². The van der Waals surface area contributed by atoms with Crippen molar-refractivity contribution in [2.45, 2.75) is 74.4 Å². The molecule has 1 fully saturated rings. The highest BCUT2D eigenvalue weighted by Gasteiger charge is 2.71. The zero-order valence-electron chi connectivity index (χ0n) is 24.1. The summed E-state index contributed by atoms with van der Waals surface area (Å²) >= 11 is 0. The van der Waals surface area contributed by atoms with E-state index in [1.165, 1.54) is 0 Å². The highest BCUT2D eigenvalue weighted by molar-refractivity contribution is 6.28. The summed E-state index contributed by atoms with van der Waals surface area (Å²) in [6, 6.07) is 18.8. The lowest BCUT2D eigenvalue weighted by atomic mass is 9.82. The summed E-state index contributed by atoms with van der Waals surface area (Å²) in [5, 5.41) is 0. The Bertz CT molecular complexity index is 1400. The molecule has 1 aliphatic carbocycles. The van der Waals surface area contributed by atoms with Crippen LogP contribution in [0.15, 0.2) is 60.2 Å². The van der Waals surface area contributed by atoms with Gasteiger partial charge in [-0.15, -0.1) is 0 Å². The highest BCUT2D eigenvalue weighted by atomic mass is 16.2. The van der Waals surface area contributed by atoms with E-state index in [1.54, 1.807) is 13.8 Å². The van der Waals surface area contributed by atoms with Gasteiger partial charge in [-0.25, -0.2) is 0 Å². The van der Waals surface area contributed by atoms with Gasteiger partial charge >= 0.3 is 0 Å². The SMILES string of the molecule is CCC1=C(c2ccccc2)C12N(c1c(C)cc(C)cc1C)C(=O)C(C)(C)C(=O)N2c1c(C)cc(C)cc1C. The van der Waals surface area contributed by atoms with E-state index in [4.69, 9.17) is 0 Å². The summed E-state index contributed by atoms with van der Waals surface area (Å²) in [7, 11) is 0. The first-order chi connectivity index (χ1) is 17.9. The molecule has 1 spiro atoms. The number of carbonyl (C=O) groups excluding carboxylic acids is 2. The molecule has 5 rings (SSSR count). The molecule has 0 unspecified atom stereocenters. The zero-order chi connectivity index (χ0) is 27.7. The van der Waals surface area contributed by atoms with E-state index in [-0.39, 0.29) is 11.8 Å². The molecule has 4 nitrogen and oxygen atoms in total. The van der Waals surface area contributed by atoms with Gasteiger partial charge in [0.05, 0.1) is 11.4 Å². The van der Waals surface area contributed by atoms with Crippen LogP contribution >= 0.6 is 0 Å². The van der Waals surface area contributed by atoms with Crippen LogP contribution in [0.1, 0.15) is 66.1 Å². The van der Waals surface area contributed by atoms with Gasteiger partial charge in [0, 0.05) is 5.57 Å². The molecular formula is C34H38N2O2. The van der Waals surface area contributed by atoms with E-state index in [2.05, 4.69) is 84.9 Å². The van der Waals surface area contributed by atoms with Gasteiger partial charge in [-0.3, -0.25) is 19.4 Å². The van der Waals surface area contributed by atoms with Crippen LogP contribution < -0.4 is 9.80 Å². The van der Waals surface area contributed by atoms with Gasteiger partial charge in [0.15, 0.2) is 5.66 Å². The summed E-state index contributed by atoms with van der Waals surface area (Å²) in [6.07, 6.45) is 0.728. The molecule has 3 aromatic carbocycles. The summed E-state index contributed by atoms with van der Waals surface area (Å²) in [5.74, 6) is -0.318. The van der Waals surface area contributed by atoms with Crippen LogP contribution in [0.2, 0.25) is 0 Å². The minimum absolute atomic E-state index is 0.159. The molecule has 0 saturated carbocycles. The number of carbonyl (C=O) groups is 2. The molecule has 0 bridgehead atoms. The predicted molar refractivity (Wildman–Crippen MR) is 156 cm³/mol. The van der Waals surface area contributed by atoms with Crippen LogP contribution in [0.4, 0.5) is 11.4 Å². The quantitative estimate of drug-likeness (QED) is 0.343. The average Bonchev–Trinajstić information content (AvgIpc) is 3.50. The Labute approximate surface area is 227 Å². The van der Waals surface area contributed by atoms with E-state index < -0.39 is 11.1 Å².